The first-order valence-corrected chi connectivity index (χ1v) is 5.64. The van der Waals surface area contributed by atoms with Crippen LogP contribution in [0.4, 0.5) is 0 Å². The summed E-state index contributed by atoms with van der Waals surface area (Å²) in [5.41, 5.74) is 0. The maximum Gasteiger partial charge on any atom is 0.0543 e. The minimum atomic E-state index is 0.403. The van der Waals surface area contributed by atoms with Gasteiger partial charge in [0, 0.05) is 20.8 Å². The zero-order valence-corrected chi connectivity index (χ0v) is 9.92. The number of hydrogen-bond acceptors (Lipinski definition) is 2. The first kappa shape index (κ1) is 13.9. The van der Waals surface area contributed by atoms with Crippen LogP contribution in [0, 0.1) is 6.42 Å². The zero-order chi connectivity index (χ0) is 10.6. The number of rotatable bonds is 10. The van der Waals surface area contributed by atoms with Crippen LogP contribution in [0.5, 0.6) is 0 Å². The molecule has 0 heterocycles. The van der Waals surface area contributed by atoms with Crippen molar-refractivity contribution in [3.8, 4) is 0 Å². The zero-order valence-electron chi connectivity index (χ0n) is 9.92. The molecule has 14 heavy (non-hydrogen) atoms. The van der Waals surface area contributed by atoms with E-state index in [1.54, 1.807) is 14.2 Å². The average Bonchev–Trinajstić information content (AvgIpc) is 2.21. The van der Waals surface area contributed by atoms with Crippen LogP contribution < -0.4 is 0 Å². The molecule has 0 aromatic rings. The largest absolute Gasteiger partial charge is 0.385 e. The van der Waals surface area contributed by atoms with Crippen molar-refractivity contribution < 1.29 is 9.47 Å². The Kier molecular flexibility index (Phi) is 10.9. The summed E-state index contributed by atoms with van der Waals surface area (Å²) in [6.45, 7) is 3.02. The van der Waals surface area contributed by atoms with Gasteiger partial charge in [-0.2, -0.15) is 0 Å². The molecule has 85 valence electrons. The highest BCUT2D eigenvalue weighted by atomic mass is 16.5. The standard InChI is InChI=1S/C12H25O2/c1-12(14-3)10-8-6-4-5-7-9-11-13-2/h6,12H,4-5,7-11H2,1-3H3. The molecule has 0 N–H and O–H groups in total. The maximum absolute atomic E-state index is 5.17. The van der Waals surface area contributed by atoms with E-state index in [9.17, 15) is 0 Å². The lowest BCUT2D eigenvalue weighted by molar-refractivity contribution is 0.111. The molecular formula is C12H25O2. The SMILES string of the molecule is COCCCCC[CH]CCC(C)OC. The van der Waals surface area contributed by atoms with Gasteiger partial charge in [-0.25, -0.2) is 0 Å². The topological polar surface area (TPSA) is 18.5 Å². The summed E-state index contributed by atoms with van der Waals surface area (Å²) >= 11 is 0. The number of hydrogen-bond donors (Lipinski definition) is 0. The van der Waals surface area contributed by atoms with Crippen LogP contribution in [0.15, 0.2) is 0 Å². The van der Waals surface area contributed by atoms with Gasteiger partial charge in [-0.3, -0.25) is 0 Å². The van der Waals surface area contributed by atoms with E-state index in [0.29, 0.717) is 6.10 Å². The number of methoxy groups -OCH3 is 2. The first-order valence-electron chi connectivity index (χ1n) is 5.64. The summed E-state index contributed by atoms with van der Waals surface area (Å²) in [5, 5.41) is 0. The van der Waals surface area contributed by atoms with Crippen LogP contribution in [-0.4, -0.2) is 26.9 Å². The number of ether oxygens (including phenoxy) is 2. The van der Waals surface area contributed by atoms with Crippen LogP contribution in [0.25, 0.3) is 0 Å². The predicted molar refractivity (Wildman–Crippen MR) is 60.3 cm³/mol. The molecule has 0 saturated heterocycles. The molecule has 2 nitrogen and oxygen atoms in total. The van der Waals surface area contributed by atoms with Crippen LogP contribution in [0.2, 0.25) is 0 Å². The van der Waals surface area contributed by atoms with Crippen LogP contribution in [-0.2, 0) is 9.47 Å². The molecule has 1 unspecified atom stereocenters. The Bertz CT molecular complexity index is 104. The Labute approximate surface area is 89.0 Å². The van der Waals surface area contributed by atoms with Crippen molar-refractivity contribution in [2.45, 2.75) is 51.6 Å². The maximum atomic E-state index is 5.17. The van der Waals surface area contributed by atoms with Gasteiger partial charge < -0.3 is 9.47 Å². The van der Waals surface area contributed by atoms with Gasteiger partial charge >= 0.3 is 0 Å². The Balaban J connectivity index is 2.92. The normalized spacial score (nSPS) is 13.1. The average molecular weight is 201 g/mol. The lowest BCUT2D eigenvalue weighted by Crippen LogP contribution is -2.03. The molecule has 0 aliphatic rings. The Morgan fingerprint density at radius 2 is 1.86 bits per heavy atom. The molecule has 0 bridgehead atoms. The second-order valence-corrected chi connectivity index (χ2v) is 3.75. The van der Waals surface area contributed by atoms with Gasteiger partial charge in [-0.05, 0) is 32.6 Å². The number of unbranched alkanes of at least 4 members (excludes halogenated alkanes) is 5. The fraction of sp³-hybridized carbons (Fsp3) is 0.917. The second kappa shape index (κ2) is 11.0. The Morgan fingerprint density at radius 3 is 2.50 bits per heavy atom. The second-order valence-electron chi connectivity index (χ2n) is 3.75. The fourth-order valence-electron chi connectivity index (χ4n) is 1.33. The lowest BCUT2D eigenvalue weighted by Gasteiger charge is -2.08. The summed E-state index contributed by atoms with van der Waals surface area (Å²) in [4.78, 5) is 0. The molecule has 0 aromatic carbocycles. The van der Waals surface area contributed by atoms with E-state index < -0.39 is 0 Å². The highest BCUT2D eigenvalue weighted by Crippen LogP contribution is 2.08. The van der Waals surface area contributed by atoms with Gasteiger partial charge in [0.25, 0.3) is 0 Å². The molecule has 0 amide bonds. The van der Waals surface area contributed by atoms with Crippen LogP contribution in [0.1, 0.15) is 45.4 Å². The first-order chi connectivity index (χ1) is 6.81. The highest BCUT2D eigenvalue weighted by molar-refractivity contribution is 4.66. The fourth-order valence-corrected chi connectivity index (χ4v) is 1.33. The van der Waals surface area contributed by atoms with Gasteiger partial charge in [-0.1, -0.05) is 19.3 Å². The highest BCUT2D eigenvalue weighted by Gasteiger charge is 1.98. The van der Waals surface area contributed by atoms with Crippen molar-refractivity contribution in [1.29, 1.82) is 0 Å². The lowest BCUT2D eigenvalue weighted by atomic mass is 10.1. The van der Waals surface area contributed by atoms with E-state index in [1.807, 2.05) is 0 Å². The third-order valence-electron chi connectivity index (χ3n) is 2.44. The van der Waals surface area contributed by atoms with E-state index in [4.69, 9.17) is 9.47 Å². The van der Waals surface area contributed by atoms with E-state index in [1.165, 1.54) is 32.1 Å². The third kappa shape index (κ3) is 10.0. The summed E-state index contributed by atoms with van der Waals surface area (Å²) in [6.07, 6.45) is 10.1. The minimum absolute atomic E-state index is 0.403. The molecule has 0 aliphatic heterocycles. The summed E-state index contributed by atoms with van der Waals surface area (Å²) in [5.74, 6) is 0. The summed E-state index contributed by atoms with van der Waals surface area (Å²) < 4.78 is 10.2. The summed E-state index contributed by atoms with van der Waals surface area (Å²) in [7, 11) is 3.54. The van der Waals surface area contributed by atoms with Crippen molar-refractivity contribution in [2.75, 3.05) is 20.8 Å². The van der Waals surface area contributed by atoms with Gasteiger partial charge in [0.1, 0.15) is 0 Å². The molecular weight excluding hydrogens is 176 g/mol. The smallest absolute Gasteiger partial charge is 0.0543 e. The predicted octanol–water partition coefficient (Wildman–Crippen LogP) is 3.21. The molecule has 1 atom stereocenters. The Hall–Kier alpha value is -0.0800. The van der Waals surface area contributed by atoms with Gasteiger partial charge in [0.15, 0.2) is 0 Å². The van der Waals surface area contributed by atoms with Crippen molar-refractivity contribution in [1.82, 2.24) is 0 Å². The van der Waals surface area contributed by atoms with E-state index in [2.05, 4.69) is 13.3 Å². The van der Waals surface area contributed by atoms with Crippen molar-refractivity contribution in [3.63, 3.8) is 0 Å². The Morgan fingerprint density at radius 1 is 1.07 bits per heavy atom. The van der Waals surface area contributed by atoms with Crippen LogP contribution in [0.3, 0.4) is 0 Å². The monoisotopic (exact) mass is 201 g/mol. The van der Waals surface area contributed by atoms with Crippen LogP contribution >= 0.6 is 0 Å². The molecule has 1 radical (unpaired) electrons. The quantitative estimate of drug-likeness (QED) is 0.505. The van der Waals surface area contributed by atoms with Gasteiger partial charge in [0.05, 0.1) is 6.10 Å². The van der Waals surface area contributed by atoms with Crippen molar-refractivity contribution in [2.24, 2.45) is 0 Å². The molecule has 0 fully saturated rings. The minimum Gasteiger partial charge on any atom is -0.385 e. The van der Waals surface area contributed by atoms with E-state index in [0.717, 1.165) is 13.0 Å². The molecule has 0 rings (SSSR count). The summed E-state index contributed by atoms with van der Waals surface area (Å²) in [6, 6.07) is 0. The molecule has 0 saturated carbocycles. The van der Waals surface area contributed by atoms with E-state index >= 15 is 0 Å². The van der Waals surface area contributed by atoms with Gasteiger partial charge in [0.2, 0.25) is 0 Å². The van der Waals surface area contributed by atoms with Crippen molar-refractivity contribution >= 4 is 0 Å². The van der Waals surface area contributed by atoms with Crippen molar-refractivity contribution in [3.05, 3.63) is 6.42 Å². The molecule has 0 aromatic heterocycles. The molecule has 0 spiro atoms. The van der Waals surface area contributed by atoms with Gasteiger partial charge in [-0.15, -0.1) is 0 Å². The molecule has 0 aliphatic carbocycles. The van der Waals surface area contributed by atoms with E-state index in [-0.39, 0.29) is 0 Å². The molecule has 2 heteroatoms. The third-order valence-corrected chi connectivity index (χ3v) is 2.44.